The minimum Gasteiger partial charge on any atom is -0.352 e. The highest BCUT2D eigenvalue weighted by atomic mass is 32.2. The normalized spacial score (nSPS) is 11.9. The lowest BCUT2D eigenvalue weighted by atomic mass is 10.1. The Morgan fingerprint density at radius 2 is 1.75 bits per heavy atom. The van der Waals surface area contributed by atoms with Crippen LogP contribution in [0.5, 0.6) is 0 Å². The second-order valence-electron chi connectivity index (χ2n) is 7.26. The van der Waals surface area contributed by atoms with Gasteiger partial charge in [-0.05, 0) is 45.4 Å². The number of amides is 2. The number of benzene rings is 2. The van der Waals surface area contributed by atoms with Gasteiger partial charge in [-0.25, -0.2) is 0 Å². The highest BCUT2D eigenvalue weighted by Gasteiger charge is 2.26. The number of hydrogen-bond acceptors (Lipinski definition) is 3. The molecule has 2 rings (SSSR count). The van der Waals surface area contributed by atoms with Gasteiger partial charge in [0.25, 0.3) is 0 Å². The van der Waals surface area contributed by atoms with E-state index in [-0.39, 0.29) is 17.9 Å². The van der Waals surface area contributed by atoms with Crippen LogP contribution in [0.25, 0.3) is 0 Å². The van der Waals surface area contributed by atoms with Crippen LogP contribution in [0.2, 0.25) is 0 Å². The van der Waals surface area contributed by atoms with E-state index < -0.39 is 6.04 Å². The Morgan fingerprint density at radius 1 is 1.04 bits per heavy atom. The predicted octanol–water partition coefficient (Wildman–Crippen LogP) is 4.42. The number of thioether (sulfide) groups is 1. The average molecular weight is 399 g/mol. The van der Waals surface area contributed by atoms with Gasteiger partial charge in [-0.3, -0.25) is 9.59 Å². The van der Waals surface area contributed by atoms with Gasteiger partial charge in [0, 0.05) is 29.7 Å². The molecule has 1 N–H and O–H groups in total. The van der Waals surface area contributed by atoms with E-state index in [0.717, 1.165) is 16.0 Å². The molecule has 0 spiro atoms. The van der Waals surface area contributed by atoms with Crippen LogP contribution in [0.15, 0.2) is 59.5 Å². The third-order valence-corrected chi connectivity index (χ3v) is 5.38. The number of carbonyl (C=O) groups is 2. The van der Waals surface area contributed by atoms with Crippen LogP contribution in [0, 0.1) is 6.92 Å². The topological polar surface area (TPSA) is 49.4 Å². The average Bonchev–Trinajstić information content (AvgIpc) is 2.66. The lowest BCUT2D eigenvalue weighted by molar-refractivity contribution is -0.140. The van der Waals surface area contributed by atoms with Crippen molar-refractivity contribution < 1.29 is 9.59 Å². The highest BCUT2D eigenvalue weighted by Crippen LogP contribution is 2.19. The summed E-state index contributed by atoms with van der Waals surface area (Å²) in [5.74, 6) is 0.564. The minimum atomic E-state index is -0.517. The monoisotopic (exact) mass is 398 g/mol. The van der Waals surface area contributed by atoms with Gasteiger partial charge in [0.15, 0.2) is 0 Å². The zero-order valence-electron chi connectivity index (χ0n) is 17.1. The van der Waals surface area contributed by atoms with Crippen LogP contribution < -0.4 is 5.32 Å². The first kappa shape index (κ1) is 22.0. The van der Waals surface area contributed by atoms with Crippen molar-refractivity contribution in [3.05, 3.63) is 65.7 Å². The first-order valence-electron chi connectivity index (χ1n) is 9.70. The zero-order chi connectivity index (χ0) is 20.5. The summed E-state index contributed by atoms with van der Waals surface area (Å²) in [5, 5.41) is 2.92. The maximum absolute atomic E-state index is 13.0. The van der Waals surface area contributed by atoms with Crippen molar-refractivity contribution in [1.82, 2.24) is 10.2 Å². The van der Waals surface area contributed by atoms with Crippen molar-refractivity contribution in [2.24, 2.45) is 0 Å². The molecular formula is C23H30N2O2S. The van der Waals surface area contributed by atoms with Crippen molar-refractivity contribution in [3.63, 3.8) is 0 Å². The van der Waals surface area contributed by atoms with Gasteiger partial charge in [-0.15, -0.1) is 11.8 Å². The van der Waals surface area contributed by atoms with E-state index in [4.69, 9.17) is 0 Å². The molecule has 0 saturated heterocycles. The fraction of sp³-hybridized carbons (Fsp3) is 0.391. The van der Waals surface area contributed by atoms with Crippen molar-refractivity contribution >= 4 is 23.6 Å². The Labute approximate surface area is 172 Å². The summed E-state index contributed by atoms with van der Waals surface area (Å²) in [6.45, 7) is 8.11. The van der Waals surface area contributed by atoms with Gasteiger partial charge >= 0.3 is 0 Å². The summed E-state index contributed by atoms with van der Waals surface area (Å²) >= 11 is 1.66. The fourth-order valence-corrected chi connectivity index (χ4v) is 3.77. The molecule has 0 unspecified atom stereocenters. The summed E-state index contributed by atoms with van der Waals surface area (Å²) in [5.41, 5.74) is 2.18. The predicted molar refractivity (Wildman–Crippen MR) is 116 cm³/mol. The first-order chi connectivity index (χ1) is 13.4. The molecule has 0 heterocycles. The molecule has 0 aliphatic heterocycles. The largest absolute Gasteiger partial charge is 0.352 e. The lowest BCUT2D eigenvalue weighted by Gasteiger charge is -2.29. The van der Waals surface area contributed by atoms with Crippen molar-refractivity contribution in [3.8, 4) is 0 Å². The van der Waals surface area contributed by atoms with Gasteiger partial charge in [-0.2, -0.15) is 0 Å². The number of nitrogens with one attached hydrogen (secondary N) is 1. The summed E-state index contributed by atoms with van der Waals surface area (Å²) < 4.78 is 0. The van der Waals surface area contributed by atoms with Crippen LogP contribution in [0.3, 0.4) is 0 Å². The van der Waals surface area contributed by atoms with E-state index in [1.165, 1.54) is 0 Å². The Balaban J connectivity index is 2.07. The molecule has 4 nitrogen and oxygen atoms in total. The number of carbonyl (C=O) groups excluding carboxylic acids is 2. The Morgan fingerprint density at radius 3 is 2.39 bits per heavy atom. The molecule has 0 saturated carbocycles. The third kappa shape index (κ3) is 7.04. The summed E-state index contributed by atoms with van der Waals surface area (Å²) in [7, 11) is 0. The lowest BCUT2D eigenvalue weighted by Crippen LogP contribution is -2.49. The molecule has 0 aliphatic rings. The second kappa shape index (κ2) is 10.9. The first-order valence-corrected chi connectivity index (χ1v) is 10.7. The molecule has 0 aromatic heterocycles. The van der Waals surface area contributed by atoms with Gasteiger partial charge in [0.2, 0.25) is 11.8 Å². The Hall–Kier alpha value is -2.27. The Kier molecular flexibility index (Phi) is 8.58. The quantitative estimate of drug-likeness (QED) is 0.636. The number of rotatable bonds is 9. The number of aryl methyl sites for hydroxylation is 1. The van der Waals surface area contributed by atoms with Crippen LogP contribution in [-0.4, -0.2) is 34.6 Å². The SMILES string of the molecule is Cc1cccc(CN(C(=O)CCSc2ccccc2)[C@H](C)C(=O)NC(C)C)c1. The summed E-state index contributed by atoms with van der Waals surface area (Å²) in [6, 6.07) is 17.6. The van der Waals surface area contributed by atoms with E-state index in [2.05, 4.69) is 11.4 Å². The molecule has 2 amide bonds. The van der Waals surface area contributed by atoms with E-state index in [1.807, 2.05) is 69.3 Å². The van der Waals surface area contributed by atoms with E-state index in [9.17, 15) is 9.59 Å². The third-order valence-electron chi connectivity index (χ3n) is 4.36. The van der Waals surface area contributed by atoms with Gasteiger partial charge in [-0.1, -0.05) is 48.0 Å². The standard InChI is InChI=1S/C23H30N2O2S/c1-17(2)24-23(27)19(4)25(16-20-10-8-9-18(3)15-20)22(26)13-14-28-21-11-6-5-7-12-21/h5-12,15,17,19H,13-14,16H2,1-4H3,(H,24,27)/t19-/m1/s1. The van der Waals surface area contributed by atoms with Gasteiger partial charge in [0.1, 0.15) is 6.04 Å². The van der Waals surface area contributed by atoms with Crippen molar-refractivity contribution in [1.29, 1.82) is 0 Å². The molecule has 0 bridgehead atoms. The van der Waals surface area contributed by atoms with Crippen LogP contribution in [-0.2, 0) is 16.1 Å². The molecule has 5 heteroatoms. The number of hydrogen-bond donors (Lipinski definition) is 1. The van der Waals surface area contributed by atoms with Gasteiger partial charge < -0.3 is 10.2 Å². The highest BCUT2D eigenvalue weighted by molar-refractivity contribution is 7.99. The number of nitrogens with zero attached hydrogens (tertiary/aromatic N) is 1. The summed E-state index contributed by atoms with van der Waals surface area (Å²) in [4.78, 5) is 28.4. The van der Waals surface area contributed by atoms with Crippen LogP contribution >= 0.6 is 11.8 Å². The summed E-state index contributed by atoms with van der Waals surface area (Å²) in [6.07, 6.45) is 0.394. The second-order valence-corrected chi connectivity index (χ2v) is 8.43. The molecule has 0 aliphatic carbocycles. The maximum Gasteiger partial charge on any atom is 0.242 e. The molecule has 2 aromatic carbocycles. The van der Waals surface area contributed by atoms with Crippen LogP contribution in [0.1, 0.15) is 38.3 Å². The van der Waals surface area contributed by atoms with Gasteiger partial charge in [0.05, 0.1) is 0 Å². The van der Waals surface area contributed by atoms with E-state index in [1.54, 1.807) is 23.6 Å². The molecule has 2 aromatic rings. The van der Waals surface area contributed by atoms with Crippen molar-refractivity contribution in [2.75, 3.05) is 5.75 Å². The van der Waals surface area contributed by atoms with Crippen LogP contribution in [0.4, 0.5) is 0 Å². The molecular weight excluding hydrogens is 368 g/mol. The zero-order valence-corrected chi connectivity index (χ0v) is 18.0. The van der Waals surface area contributed by atoms with E-state index >= 15 is 0 Å². The van der Waals surface area contributed by atoms with E-state index in [0.29, 0.717) is 18.7 Å². The maximum atomic E-state index is 13.0. The molecule has 1 atom stereocenters. The molecule has 0 fully saturated rings. The van der Waals surface area contributed by atoms with Crippen molar-refractivity contribution in [2.45, 2.75) is 57.6 Å². The molecule has 0 radical (unpaired) electrons. The fourth-order valence-electron chi connectivity index (χ4n) is 2.91. The molecule has 150 valence electrons. The minimum absolute atomic E-state index is 0.00339. The molecule has 28 heavy (non-hydrogen) atoms. The Bertz CT molecular complexity index is 777. The smallest absolute Gasteiger partial charge is 0.242 e.